The third-order valence-corrected chi connectivity index (χ3v) is 4.85. The first-order valence-electron chi connectivity index (χ1n) is 9.69. The maximum absolute atomic E-state index is 12.7. The number of nitrogens with zero attached hydrogens (tertiary/aromatic N) is 1. The number of hydrogen-bond acceptors (Lipinski definition) is 5. The van der Waals surface area contributed by atoms with Crippen molar-refractivity contribution in [2.45, 2.75) is 59.2 Å². The van der Waals surface area contributed by atoms with Crippen LogP contribution in [0.3, 0.4) is 0 Å². The van der Waals surface area contributed by atoms with Crippen molar-refractivity contribution in [1.29, 1.82) is 0 Å². The van der Waals surface area contributed by atoms with Gasteiger partial charge in [-0.25, -0.2) is 4.79 Å². The average molecular weight is 383 g/mol. The van der Waals surface area contributed by atoms with Crippen molar-refractivity contribution >= 4 is 5.97 Å². The largest absolute Gasteiger partial charge is 0.493 e. The summed E-state index contributed by atoms with van der Waals surface area (Å²) in [4.78, 5) is 17.2. The van der Waals surface area contributed by atoms with Crippen molar-refractivity contribution in [1.82, 2.24) is 4.98 Å². The van der Waals surface area contributed by atoms with Crippen molar-refractivity contribution < 1.29 is 19.0 Å². The van der Waals surface area contributed by atoms with Gasteiger partial charge in [-0.05, 0) is 81.8 Å². The minimum absolute atomic E-state index is 0.423. The van der Waals surface area contributed by atoms with Crippen LogP contribution >= 0.6 is 0 Å². The molecule has 0 unspecified atom stereocenters. The zero-order valence-electron chi connectivity index (χ0n) is 17.6. The van der Waals surface area contributed by atoms with E-state index in [2.05, 4.69) is 11.1 Å². The number of benzene rings is 1. The number of carbonyl (C=O) groups excluding carboxylic acids is 1. The van der Waals surface area contributed by atoms with Gasteiger partial charge in [0.25, 0.3) is 0 Å². The fraction of sp³-hybridized carbons (Fsp3) is 0.478. The molecule has 0 saturated heterocycles. The summed E-state index contributed by atoms with van der Waals surface area (Å²) < 4.78 is 17.0. The highest BCUT2D eigenvalue weighted by Crippen LogP contribution is 2.39. The zero-order chi connectivity index (χ0) is 20.5. The molecule has 0 bridgehead atoms. The number of methoxy groups -OCH3 is 1. The molecule has 28 heavy (non-hydrogen) atoms. The second-order valence-electron chi connectivity index (χ2n) is 8.22. The molecule has 1 aromatic carbocycles. The van der Waals surface area contributed by atoms with Gasteiger partial charge in [0.15, 0.2) is 6.10 Å². The molecule has 0 N–H and O–H groups in total. The van der Waals surface area contributed by atoms with Crippen molar-refractivity contribution in [2.24, 2.45) is 0 Å². The SMILES string of the molecule is COC(=O)[C@@H](OC(C)(C)C)c1c(C)ncc(C)c1-c1ccc2c(c1)CCCO2. The van der Waals surface area contributed by atoms with Crippen LogP contribution in [-0.4, -0.2) is 30.3 Å². The minimum Gasteiger partial charge on any atom is -0.493 e. The summed E-state index contributed by atoms with van der Waals surface area (Å²) in [5.74, 6) is 0.517. The van der Waals surface area contributed by atoms with Crippen LogP contribution in [0.25, 0.3) is 11.1 Å². The fourth-order valence-corrected chi connectivity index (χ4v) is 3.63. The van der Waals surface area contributed by atoms with Gasteiger partial charge < -0.3 is 14.2 Å². The predicted molar refractivity (Wildman–Crippen MR) is 109 cm³/mol. The normalized spacial score (nSPS) is 14.8. The maximum atomic E-state index is 12.7. The molecule has 2 heterocycles. The van der Waals surface area contributed by atoms with Gasteiger partial charge in [0.2, 0.25) is 0 Å². The van der Waals surface area contributed by atoms with Gasteiger partial charge in [0, 0.05) is 17.5 Å². The second kappa shape index (κ2) is 7.92. The first-order chi connectivity index (χ1) is 13.2. The molecule has 5 nitrogen and oxygen atoms in total. The van der Waals surface area contributed by atoms with Crippen LogP contribution in [-0.2, 0) is 20.7 Å². The Kier molecular flexibility index (Phi) is 5.75. The van der Waals surface area contributed by atoms with Crippen molar-refractivity contribution in [2.75, 3.05) is 13.7 Å². The number of ether oxygens (including phenoxy) is 3. The summed E-state index contributed by atoms with van der Waals surface area (Å²) in [6.07, 6.45) is 2.99. The lowest BCUT2D eigenvalue weighted by Crippen LogP contribution is -2.29. The monoisotopic (exact) mass is 383 g/mol. The first-order valence-corrected chi connectivity index (χ1v) is 9.69. The van der Waals surface area contributed by atoms with Gasteiger partial charge in [0.1, 0.15) is 5.75 Å². The Labute approximate surface area is 167 Å². The van der Waals surface area contributed by atoms with E-state index < -0.39 is 17.7 Å². The molecule has 150 valence electrons. The van der Waals surface area contributed by atoms with E-state index in [9.17, 15) is 4.79 Å². The number of fused-ring (bicyclic) bond motifs is 1. The van der Waals surface area contributed by atoms with E-state index >= 15 is 0 Å². The van der Waals surface area contributed by atoms with Gasteiger partial charge in [-0.15, -0.1) is 0 Å². The molecule has 1 aliphatic rings. The van der Waals surface area contributed by atoms with Crippen LogP contribution < -0.4 is 4.74 Å². The number of rotatable bonds is 4. The van der Waals surface area contributed by atoms with Crippen molar-refractivity contribution in [3.05, 3.63) is 46.8 Å². The minimum atomic E-state index is -0.848. The average Bonchev–Trinajstić information content (AvgIpc) is 2.66. The number of esters is 1. The Morgan fingerprint density at radius 2 is 2.00 bits per heavy atom. The molecule has 0 radical (unpaired) electrons. The smallest absolute Gasteiger partial charge is 0.339 e. The summed E-state index contributed by atoms with van der Waals surface area (Å²) in [5, 5.41) is 0. The van der Waals surface area contributed by atoms with E-state index in [1.807, 2.05) is 52.9 Å². The summed E-state index contributed by atoms with van der Waals surface area (Å²) in [7, 11) is 1.38. The Morgan fingerprint density at radius 1 is 1.25 bits per heavy atom. The van der Waals surface area contributed by atoms with E-state index in [1.165, 1.54) is 12.7 Å². The van der Waals surface area contributed by atoms with Crippen LogP contribution in [0.15, 0.2) is 24.4 Å². The fourth-order valence-electron chi connectivity index (χ4n) is 3.63. The summed E-state index contributed by atoms with van der Waals surface area (Å²) >= 11 is 0. The lowest BCUT2D eigenvalue weighted by atomic mass is 9.90. The molecule has 3 rings (SSSR count). The Hall–Kier alpha value is -2.40. The molecule has 1 aliphatic heterocycles. The first kappa shape index (κ1) is 20.3. The molecule has 0 spiro atoms. The molecular formula is C23H29NO4. The van der Waals surface area contributed by atoms with Crippen LogP contribution in [0.1, 0.15) is 55.7 Å². The predicted octanol–water partition coefficient (Wildman–Crippen LogP) is 4.72. The number of hydrogen-bond donors (Lipinski definition) is 0. The molecule has 1 aromatic heterocycles. The standard InChI is InChI=1S/C23H29NO4/c1-14-13-24-15(2)20(21(22(25)26-6)28-23(3,4)5)19(14)17-9-10-18-16(12-17)8-7-11-27-18/h9-10,12-13,21H,7-8,11H2,1-6H3/t21-/m0/s1. The third kappa shape index (κ3) is 4.20. The highest BCUT2D eigenvalue weighted by atomic mass is 16.6. The topological polar surface area (TPSA) is 57.7 Å². The highest BCUT2D eigenvalue weighted by molar-refractivity contribution is 5.83. The summed E-state index contributed by atoms with van der Waals surface area (Å²) in [6.45, 7) is 10.5. The van der Waals surface area contributed by atoms with Gasteiger partial charge in [-0.1, -0.05) is 6.07 Å². The lowest BCUT2D eigenvalue weighted by molar-refractivity contribution is -0.164. The van der Waals surface area contributed by atoms with E-state index in [0.29, 0.717) is 0 Å². The number of pyridine rings is 1. The molecule has 0 saturated carbocycles. The van der Waals surface area contributed by atoms with Crippen molar-refractivity contribution in [3.63, 3.8) is 0 Å². The zero-order valence-corrected chi connectivity index (χ0v) is 17.6. The van der Waals surface area contributed by atoms with Gasteiger partial charge >= 0.3 is 5.97 Å². The number of carbonyl (C=O) groups is 1. The number of aromatic nitrogens is 1. The van der Waals surface area contributed by atoms with Gasteiger partial charge in [-0.2, -0.15) is 0 Å². The van der Waals surface area contributed by atoms with Crippen LogP contribution in [0.5, 0.6) is 5.75 Å². The third-order valence-electron chi connectivity index (χ3n) is 4.85. The molecule has 0 fully saturated rings. The van der Waals surface area contributed by atoms with E-state index in [1.54, 1.807) is 0 Å². The van der Waals surface area contributed by atoms with Crippen LogP contribution in [0.4, 0.5) is 0 Å². The highest BCUT2D eigenvalue weighted by Gasteiger charge is 2.32. The van der Waals surface area contributed by atoms with Gasteiger partial charge in [-0.3, -0.25) is 4.98 Å². The van der Waals surface area contributed by atoms with Crippen LogP contribution in [0.2, 0.25) is 0 Å². The summed E-state index contributed by atoms with van der Waals surface area (Å²) in [5.41, 5.74) is 5.19. The molecule has 0 amide bonds. The Morgan fingerprint density at radius 3 is 2.68 bits per heavy atom. The molecule has 1 atom stereocenters. The lowest BCUT2D eigenvalue weighted by Gasteiger charge is -2.29. The molecular weight excluding hydrogens is 354 g/mol. The molecule has 2 aromatic rings. The quantitative estimate of drug-likeness (QED) is 0.715. The van der Waals surface area contributed by atoms with E-state index in [4.69, 9.17) is 14.2 Å². The Bertz CT molecular complexity index is 883. The van der Waals surface area contributed by atoms with E-state index in [-0.39, 0.29) is 0 Å². The van der Waals surface area contributed by atoms with Gasteiger partial charge in [0.05, 0.1) is 19.3 Å². The second-order valence-corrected chi connectivity index (χ2v) is 8.22. The summed E-state index contributed by atoms with van der Waals surface area (Å²) in [6, 6.07) is 6.21. The Balaban J connectivity index is 2.19. The maximum Gasteiger partial charge on any atom is 0.339 e. The molecule has 0 aliphatic carbocycles. The van der Waals surface area contributed by atoms with E-state index in [0.717, 1.165) is 53.1 Å². The van der Waals surface area contributed by atoms with Crippen LogP contribution in [0, 0.1) is 13.8 Å². The number of aryl methyl sites for hydroxylation is 3. The molecule has 5 heteroatoms. The van der Waals surface area contributed by atoms with Crippen molar-refractivity contribution in [3.8, 4) is 16.9 Å².